The molecule has 0 fully saturated rings. The fraction of sp³-hybridized carbons (Fsp3) is 0.545. The van der Waals surface area contributed by atoms with Crippen molar-refractivity contribution in [2.75, 3.05) is 19.8 Å². The molecule has 0 aliphatic heterocycles. The van der Waals surface area contributed by atoms with Crippen LogP contribution in [-0.4, -0.2) is 34.5 Å². The topological polar surface area (TPSA) is 85.6 Å². The van der Waals surface area contributed by atoms with Crippen LogP contribution in [0.5, 0.6) is 0 Å². The van der Waals surface area contributed by atoms with Gasteiger partial charge in [-0.15, -0.1) is 0 Å². The van der Waals surface area contributed by atoms with Crippen LogP contribution in [0.2, 0.25) is 0 Å². The molecule has 1 heterocycles. The molecule has 7 heteroatoms. The molecule has 0 aliphatic rings. The van der Waals surface area contributed by atoms with Gasteiger partial charge in [0.15, 0.2) is 12.0 Å². The summed E-state index contributed by atoms with van der Waals surface area (Å²) in [5, 5.41) is -0.270. The van der Waals surface area contributed by atoms with E-state index in [9.17, 15) is 13.2 Å². The lowest BCUT2D eigenvalue weighted by Gasteiger charge is -2.07. The Balaban J connectivity index is 2.43. The predicted molar refractivity (Wildman–Crippen MR) is 64.9 cm³/mol. The lowest BCUT2D eigenvalue weighted by atomic mass is 10.2. The molecule has 0 saturated heterocycles. The average molecular weight is 275 g/mol. The van der Waals surface area contributed by atoms with E-state index in [0.29, 0.717) is 25.4 Å². The van der Waals surface area contributed by atoms with Crippen LogP contribution < -0.4 is 4.72 Å². The largest absolute Gasteiger partial charge is 0.440 e. The van der Waals surface area contributed by atoms with Crippen molar-refractivity contribution in [1.29, 1.82) is 0 Å². The van der Waals surface area contributed by atoms with Crippen molar-refractivity contribution < 1.29 is 22.4 Å². The van der Waals surface area contributed by atoms with Gasteiger partial charge in [0.05, 0.1) is 6.61 Å². The first-order valence-electron chi connectivity index (χ1n) is 5.58. The first-order chi connectivity index (χ1) is 8.45. The number of hydrogen-bond acceptors (Lipinski definition) is 5. The highest BCUT2D eigenvalue weighted by atomic mass is 32.2. The van der Waals surface area contributed by atoms with Gasteiger partial charge in [0.2, 0.25) is 5.09 Å². The third kappa shape index (κ3) is 4.59. The molecular weight excluding hydrogens is 258 g/mol. The predicted octanol–water partition coefficient (Wildman–Crippen LogP) is 1.04. The maximum absolute atomic E-state index is 11.7. The lowest BCUT2D eigenvalue weighted by Crippen LogP contribution is -2.27. The third-order valence-corrected chi connectivity index (χ3v) is 3.31. The van der Waals surface area contributed by atoms with Crippen molar-refractivity contribution in [3.8, 4) is 0 Å². The number of sulfonamides is 1. The quantitative estimate of drug-likeness (QED) is 0.566. The van der Waals surface area contributed by atoms with Gasteiger partial charge in [0, 0.05) is 13.2 Å². The van der Waals surface area contributed by atoms with Crippen LogP contribution in [0.25, 0.3) is 0 Å². The number of hydrogen-bond donors (Lipinski definition) is 1. The van der Waals surface area contributed by atoms with Crippen LogP contribution in [0.4, 0.5) is 0 Å². The Hall–Kier alpha value is -1.18. The molecule has 1 N–H and O–H groups in total. The average Bonchev–Trinajstić information content (AvgIpc) is 2.77. The second-order valence-corrected chi connectivity index (χ2v) is 5.84. The van der Waals surface area contributed by atoms with E-state index >= 15 is 0 Å². The monoisotopic (exact) mass is 275 g/mol. The Kier molecular flexibility index (Phi) is 5.52. The second kappa shape index (κ2) is 6.67. The summed E-state index contributed by atoms with van der Waals surface area (Å²) in [5.41, 5.74) is 0. The highest BCUT2D eigenvalue weighted by Crippen LogP contribution is 2.11. The molecular formula is C11H17NO5S. The standard InChI is InChI=1S/C11H17NO5S/c1-9(2)8-16-6-5-12-18(14,15)11-4-3-10(7-13)17-11/h3-4,7,9,12H,5-6,8H2,1-2H3. The zero-order chi connectivity index (χ0) is 13.6. The maximum atomic E-state index is 11.7. The van der Waals surface area contributed by atoms with Crippen molar-refractivity contribution in [3.63, 3.8) is 0 Å². The van der Waals surface area contributed by atoms with E-state index in [1.807, 2.05) is 13.8 Å². The zero-order valence-corrected chi connectivity index (χ0v) is 11.2. The first-order valence-corrected chi connectivity index (χ1v) is 7.06. The van der Waals surface area contributed by atoms with Crippen molar-refractivity contribution in [2.24, 2.45) is 5.92 Å². The number of rotatable bonds is 8. The Labute approximate surface area is 106 Å². The van der Waals surface area contributed by atoms with Gasteiger partial charge in [0.25, 0.3) is 10.0 Å². The first kappa shape index (κ1) is 14.9. The lowest BCUT2D eigenvalue weighted by molar-refractivity contribution is 0.109. The SMILES string of the molecule is CC(C)COCCNS(=O)(=O)c1ccc(C=O)o1. The highest BCUT2D eigenvalue weighted by Gasteiger charge is 2.17. The van der Waals surface area contributed by atoms with E-state index in [1.165, 1.54) is 12.1 Å². The molecule has 0 radical (unpaired) electrons. The van der Waals surface area contributed by atoms with E-state index in [4.69, 9.17) is 9.15 Å². The molecule has 6 nitrogen and oxygen atoms in total. The highest BCUT2D eigenvalue weighted by molar-refractivity contribution is 7.89. The number of nitrogens with one attached hydrogen (secondary N) is 1. The van der Waals surface area contributed by atoms with Crippen molar-refractivity contribution in [1.82, 2.24) is 4.72 Å². The molecule has 0 atom stereocenters. The maximum Gasteiger partial charge on any atom is 0.274 e. The molecule has 0 aromatic carbocycles. The second-order valence-electron chi connectivity index (χ2n) is 4.14. The minimum Gasteiger partial charge on any atom is -0.440 e. The molecule has 1 aromatic heterocycles. The molecule has 18 heavy (non-hydrogen) atoms. The Morgan fingerprint density at radius 3 is 2.72 bits per heavy atom. The zero-order valence-electron chi connectivity index (χ0n) is 10.4. The number of carbonyl (C=O) groups excluding carboxylic acids is 1. The summed E-state index contributed by atoms with van der Waals surface area (Å²) in [4.78, 5) is 10.4. The summed E-state index contributed by atoms with van der Waals surface area (Å²) in [6.45, 7) is 5.05. The van der Waals surface area contributed by atoms with Crippen molar-refractivity contribution >= 4 is 16.3 Å². The summed E-state index contributed by atoms with van der Waals surface area (Å²) >= 11 is 0. The van der Waals surface area contributed by atoms with E-state index in [1.54, 1.807) is 0 Å². The molecule has 0 amide bonds. The summed E-state index contributed by atoms with van der Waals surface area (Å²) in [6.07, 6.45) is 0.449. The van der Waals surface area contributed by atoms with Crippen molar-refractivity contribution in [3.05, 3.63) is 17.9 Å². The molecule has 0 bridgehead atoms. The smallest absolute Gasteiger partial charge is 0.274 e. The molecule has 102 valence electrons. The van der Waals surface area contributed by atoms with Crippen LogP contribution >= 0.6 is 0 Å². The van der Waals surface area contributed by atoms with Gasteiger partial charge in [-0.2, -0.15) is 0 Å². The number of aldehydes is 1. The summed E-state index contributed by atoms with van der Waals surface area (Å²) in [6, 6.07) is 2.54. The van der Waals surface area contributed by atoms with Crippen molar-refractivity contribution in [2.45, 2.75) is 18.9 Å². The van der Waals surface area contributed by atoms with E-state index < -0.39 is 10.0 Å². The van der Waals surface area contributed by atoms with Gasteiger partial charge in [-0.3, -0.25) is 4.79 Å². The molecule has 0 spiro atoms. The normalized spacial score (nSPS) is 11.9. The van der Waals surface area contributed by atoms with E-state index in [0.717, 1.165) is 0 Å². The van der Waals surface area contributed by atoms with Gasteiger partial charge in [0.1, 0.15) is 0 Å². The van der Waals surface area contributed by atoms with Gasteiger partial charge >= 0.3 is 0 Å². The van der Waals surface area contributed by atoms with Gasteiger partial charge in [-0.25, -0.2) is 13.1 Å². The fourth-order valence-corrected chi connectivity index (χ4v) is 2.13. The van der Waals surface area contributed by atoms with Gasteiger partial charge in [-0.1, -0.05) is 13.8 Å². The van der Waals surface area contributed by atoms with Gasteiger partial charge in [-0.05, 0) is 18.1 Å². The summed E-state index contributed by atoms with van der Waals surface area (Å²) in [5.74, 6) is 0.383. The molecule has 0 aliphatic carbocycles. The van der Waals surface area contributed by atoms with Gasteiger partial charge < -0.3 is 9.15 Å². The minimum absolute atomic E-state index is 0.0218. The summed E-state index contributed by atoms with van der Waals surface area (Å²) < 4.78 is 35.8. The number of carbonyl (C=O) groups is 1. The molecule has 1 aromatic rings. The fourth-order valence-electron chi connectivity index (χ4n) is 1.18. The molecule has 0 unspecified atom stereocenters. The molecule has 1 rings (SSSR count). The van der Waals surface area contributed by atoms with Crippen LogP contribution in [0.3, 0.4) is 0 Å². The third-order valence-electron chi connectivity index (χ3n) is 1.97. The number of ether oxygens (including phenoxy) is 1. The Bertz CT molecular complexity index is 477. The molecule has 0 saturated carbocycles. The minimum atomic E-state index is -3.71. The Morgan fingerprint density at radius 1 is 1.44 bits per heavy atom. The Morgan fingerprint density at radius 2 is 2.17 bits per heavy atom. The number of furan rings is 1. The van der Waals surface area contributed by atoms with E-state index in [-0.39, 0.29) is 17.4 Å². The summed E-state index contributed by atoms with van der Waals surface area (Å²) in [7, 11) is -3.71. The van der Waals surface area contributed by atoms with Crippen LogP contribution in [0.1, 0.15) is 24.4 Å². The van der Waals surface area contributed by atoms with Crippen LogP contribution in [0.15, 0.2) is 21.6 Å². The van der Waals surface area contributed by atoms with E-state index in [2.05, 4.69) is 4.72 Å². The van der Waals surface area contributed by atoms with Crippen LogP contribution in [-0.2, 0) is 14.8 Å². The van der Waals surface area contributed by atoms with Crippen LogP contribution in [0, 0.1) is 5.92 Å².